The predicted molar refractivity (Wildman–Crippen MR) is 127 cm³/mol. The average Bonchev–Trinajstić information content (AvgIpc) is 3.39. The van der Waals surface area contributed by atoms with E-state index in [0.717, 1.165) is 51.4 Å². The number of methoxy groups -OCH3 is 1. The molecular weight excluding hydrogens is 420 g/mol. The van der Waals surface area contributed by atoms with E-state index < -0.39 is 11.9 Å². The molecule has 0 radical (unpaired) electrons. The van der Waals surface area contributed by atoms with E-state index in [4.69, 9.17) is 9.47 Å². The van der Waals surface area contributed by atoms with Gasteiger partial charge in [0.2, 0.25) is 0 Å². The normalized spacial score (nSPS) is 23.3. The van der Waals surface area contributed by atoms with Crippen molar-refractivity contribution in [2.75, 3.05) is 7.11 Å². The van der Waals surface area contributed by atoms with Gasteiger partial charge in [0.15, 0.2) is 0 Å². The van der Waals surface area contributed by atoms with Crippen LogP contribution in [0.1, 0.15) is 84.5 Å². The molecule has 0 aromatic rings. The van der Waals surface area contributed by atoms with Crippen molar-refractivity contribution >= 4 is 17.7 Å². The first-order valence-corrected chi connectivity index (χ1v) is 12.0. The SMILES string of the molecule is COC(=O)C(=C(O)CCCC/C=C/C/C(C)=C\C=C1\CCC[C@H]1OC(C)=O)[C@H]1CCCC1=O. The van der Waals surface area contributed by atoms with Crippen LogP contribution in [0, 0.1) is 5.92 Å². The third kappa shape index (κ3) is 8.67. The fourth-order valence-corrected chi connectivity index (χ4v) is 4.45. The molecule has 0 heterocycles. The molecule has 0 amide bonds. The standard InChI is InChI=1S/C27H38O6/c1-19(17-18-21-12-9-16-25(21)33-20(2)28)11-7-5-4-6-8-14-24(30)26(27(31)32-3)22-13-10-15-23(22)29/h5,7,17-18,22,25,30H,4,6,8-16H2,1-3H3/b7-5+,19-17-,21-18-,26-24?/t22-,25+/m0/s1. The van der Waals surface area contributed by atoms with E-state index in [1.807, 2.05) is 0 Å². The van der Waals surface area contributed by atoms with Gasteiger partial charge in [0.25, 0.3) is 0 Å². The van der Waals surface area contributed by atoms with Crippen LogP contribution in [0.4, 0.5) is 0 Å². The molecule has 2 rings (SSSR count). The van der Waals surface area contributed by atoms with Gasteiger partial charge in [-0.1, -0.05) is 29.9 Å². The summed E-state index contributed by atoms with van der Waals surface area (Å²) < 4.78 is 10.2. The second-order valence-corrected chi connectivity index (χ2v) is 8.93. The van der Waals surface area contributed by atoms with Crippen LogP contribution in [0.5, 0.6) is 0 Å². The molecule has 0 unspecified atom stereocenters. The molecule has 0 aromatic heterocycles. The Morgan fingerprint density at radius 3 is 2.52 bits per heavy atom. The number of esters is 2. The monoisotopic (exact) mass is 458 g/mol. The highest BCUT2D eigenvalue weighted by Crippen LogP contribution is 2.31. The Hall–Kier alpha value is -2.63. The Kier molecular flexibility index (Phi) is 11.1. The van der Waals surface area contributed by atoms with Crippen molar-refractivity contribution in [2.24, 2.45) is 5.92 Å². The third-order valence-corrected chi connectivity index (χ3v) is 6.25. The molecule has 6 nitrogen and oxygen atoms in total. The van der Waals surface area contributed by atoms with Crippen molar-refractivity contribution in [3.05, 3.63) is 46.8 Å². The Bertz CT molecular complexity index is 830. The number of hydrogen-bond acceptors (Lipinski definition) is 6. The van der Waals surface area contributed by atoms with E-state index in [1.54, 1.807) is 0 Å². The number of hydrogen-bond donors (Lipinski definition) is 1. The molecule has 2 atom stereocenters. The number of aliphatic hydroxyl groups is 1. The van der Waals surface area contributed by atoms with Crippen LogP contribution in [0.25, 0.3) is 0 Å². The number of unbranched alkanes of at least 4 members (excludes halogenated alkanes) is 2. The summed E-state index contributed by atoms with van der Waals surface area (Å²) in [5.74, 6) is -1.33. The zero-order chi connectivity index (χ0) is 24.2. The highest BCUT2D eigenvalue weighted by Gasteiger charge is 2.34. The minimum Gasteiger partial charge on any atom is -0.512 e. The molecule has 2 fully saturated rings. The molecule has 0 aliphatic heterocycles. The Balaban J connectivity index is 1.76. The minimum absolute atomic E-state index is 0.00290. The number of ketones is 1. The number of ether oxygens (including phenoxy) is 2. The van der Waals surface area contributed by atoms with Crippen molar-refractivity contribution in [3.8, 4) is 0 Å². The van der Waals surface area contributed by atoms with Crippen LogP contribution < -0.4 is 0 Å². The lowest BCUT2D eigenvalue weighted by Gasteiger charge is -2.14. The smallest absolute Gasteiger partial charge is 0.337 e. The molecule has 1 N–H and O–H groups in total. The van der Waals surface area contributed by atoms with Gasteiger partial charge in [0.1, 0.15) is 17.6 Å². The first-order chi connectivity index (χ1) is 15.8. The summed E-state index contributed by atoms with van der Waals surface area (Å²) in [7, 11) is 1.28. The minimum atomic E-state index is -0.596. The first kappa shape index (κ1) is 26.6. The molecule has 182 valence electrons. The first-order valence-electron chi connectivity index (χ1n) is 12.0. The zero-order valence-corrected chi connectivity index (χ0v) is 20.2. The summed E-state index contributed by atoms with van der Waals surface area (Å²) in [6, 6.07) is 0. The summed E-state index contributed by atoms with van der Waals surface area (Å²) in [5, 5.41) is 10.4. The molecule has 2 aliphatic carbocycles. The Morgan fingerprint density at radius 1 is 1.09 bits per heavy atom. The number of Topliss-reactive ketones (excluding diaryl/α,β-unsaturated/α-hetero) is 1. The molecule has 6 heteroatoms. The van der Waals surface area contributed by atoms with Gasteiger partial charge in [0.05, 0.1) is 18.6 Å². The van der Waals surface area contributed by atoms with Gasteiger partial charge in [-0.2, -0.15) is 0 Å². The highest BCUT2D eigenvalue weighted by atomic mass is 16.5. The molecule has 2 aliphatic rings. The summed E-state index contributed by atoms with van der Waals surface area (Å²) in [4.78, 5) is 35.3. The largest absolute Gasteiger partial charge is 0.512 e. The van der Waals surface area contributed by atoms with Gasteiger partial charge in [0, 0.05) is 19.8 Å². The fraction of sp³-hybridized carbons (Fsp3) is 0.593. The number of carbonyl (C=O) groups excluding carboxylic acids is 3. The number of aliphatic hydroxyl groups excluding tert-OH is 1. The molecule has 33 heavy (non-hydrogen) atoms. The second-order valence-electron chi connectivity index (χ2n) is 8.93. The predicted octanol–water partition coefficient (Wildman–Crippen LogP) is 5.84. The highest BCUT2D eigenvalue weighted by molar-refractivity contribution is 5.98. The van der Waals surface area contributed by atoms with E-state index in [0.29, 0.717) is 19.3 Å². The topological polar surface area (TPSA) is 89.9 Å². The van der Waals surface area contributed by atoms with Crippen molar-refractivity contribution in [2.45, 2.75) is 90.6 Å². The summed E-state index contributed by atoms with van der Waals surface area (Å²) >= 11 is 0. The van der Waals surface area contributed by atoms with Gasteiger partial charge < -0.3 is 14.6 Å². The Labute approximate surface area is 197 Å². The van der Waals surface area contributed by atoms with Crippen molar-refractivity contribution in [1.82, 2.24) is 0 Å². The molecule has 2 saturated carbocycles. The number of allylic oxidation sites excluding steroid dienone is 6. The quantitative estimate of drug-likeness (QED) is 0.138. The lowest BCUT2D eigenvalue weighted by Crippen LogP contribution is -2.20. The van der Waals surface area contributed by atoms with Crippen LogP contribution in [-0.4, -0.2) is 36.0 Å². The van der Waals surface area contributed by atoms with E-state index in [9.17, 15) is 19.5 Å². The van der Waals surface area contributed by atoms with Gasteiger partial charge in [-0.25, -0.2) is 4.79 Å². The third-order valence-electron chi connectivity index (χ3n) is 6.25. The summed E-state index contributed by atoms with van der Waals surface area (Å²) in [5.41, 5.74) is 2.58. The maximum Gasteiger partial charge on any atom is 0.337 e. The molecule has 0 bridgehead atoms. The second kappa shape index (κ2) is 13.8. The van der Waals surface area contributed by atoms with E-state index in [2.05, 4.69) is 31.2 Å². The average molecular weight is 459 g/mol. The lowest BCUT2D eigenvalue weighted by molar-refractivity contribution is -0.144. The van der Waals surface area contributed by atoms with E-state index >= 15 is 0 Å². The van der Waals surface area contributed by atoms with E-state index in [1.165, 1.54) is 25.2 Å². The molecule has 0 spiro atoms. The number of carbonyl (C=O) groups is 3. The number of rotatable bonds is 11. The maximum atomic E-state index is 12.1. The lowest BCUT2D eigenvalue weighted by atomic mass is 9.93. The van der Waals surface area contributed by atoms with Gasteiger partial charge >= 0.3 is 11.9 Å². The molecule has 0 aromatic carbocycles. The van der Waals surface area contributed by atoms with Crippen LogP contribution in [0.3, 0.4) is 0 Å². The van der Waals surface area contributed by atoms with Crippen LogP contribution >= 0.6 is 0 Å². The Morgan fingerprint density at radius 2 is 1.85 bits per heavy atom. The molecule has 0 saturated heterocycles. The van der Waals surface area contributed by atoms with Crippen LogP contribution in [-0.2, 0) is 23.9 Å². The van der Waals surface area contributed by atoms with Crippen molar-refractivity contribution in [3.63, 3.8) is 0 Å². The van der Waals surface area contributed by atoms with Crippen molar-refractivity contribution < 1.29 is 29.0 Å². The summed E-state index contributed by atoms with van der Waals surface area (Å²) in [6.45, 7) is 3.53. The van der Waals surface area contributed by atoms with Gasteiger partial charge in [-0.15, -0.1) is 0 Å². The van der Waals surface area contributed by atoms with Crippen molar-refractivity contribution in [1.29, 1.82) is 0 Å². The maximum absolute atomic E-state index is 12.1. The molecular formula is C27H38O6. The van der Waals surface area contributed by atoms with E-state index in [-0.39, 0.29) is 29.2 Å². The summed E-state index contributed by atoms with van der Waals surface area (Å²) in [6.07, 6.45) is 16.8. The zero-order valence-electron chi connectivity index (χ0n) is 20.2. The fourth-order valence-electron chi connectivity index (χ4n) is 4.45. The van der Waals surface area contributed by atoms with Gasteiger partial charge in [-0.05, 0) is 70.3 Å². The van der Waals surface area contributed by atoms with Gasteiger partial charge in [-0.3, -0.25) is 9.59 Å². The van der Waals surface area contributed by atoms with Crippen LogP contribution in [0.2, 0.25) is 0 Å². The van der Waals surface area contributed by atoms with Crippen LogP contribution in [0.15, 0.2) is 46.8 Å².